The fraction of sp³-hybridized carbons (Fsp3) is 0.143. The summed E-state index contributed by atoms with van der Waals surface area (Å²) < 4.78 is -0.775. The fourth-order valence-corrected chi connectivity index (χ4v) is 1.50. The number of hydrogen-bond donors (Lipinski definition) is 1. The Kier molecular flexibility index (Phi) is 4.10. The molecule has 0 heterocycles. The van der Waals surface area contributed by atoms with E-state index in [4.69, 9.17) is 5.84 Å². The molecule has 0 aliphatic carbocycles. The number of alkyl halides is 3. The molecule has 0 spiro atoms. The first kappa shape index (κ1) is 12.9. The molecule has 2 N–H and O–H groups in total. The van der Waals surface area contributed by atoms with E-state index in [1.807, 2.05) is 0 Å². The summed E-state index contributed by atoms with van der Waals surface area (Å²) in [4.78, 5) is 9.95. The summed E-state index contributed by atoms with van der Waals surface area (Å²) in [5.41, 5.74) is 0.641. The number of hydrazine groups is 1. The van der Waals surface area contributed by atoms with Crippen LogP contribution in [0, 0.1) is 10.1 Å². The molecule has 5 nitrogen and oxygen atoms in total. The van der Waals surface area contributed by atoms with Crippen LogP contribution in [0.25, 0.3) is 0 Å². The zero-order valence-electron chi connectivity index (χ0n) is 7.23. The van der Waals surface area contributed by atoms with Crippen LogP contribution in [0.2, 0.25) is 0 Å². The Morgan fingerprint density at radius 1 is 1.27 bits per heavy atom. The second-order valence-electron chi connectivity index (χ2n) is 2.61. The van der Waals surface area contributed by atoms with Gasteiger partial charge < -0.3 is 0 Å². The van der Waals surface area contributed by atoms with Gasteiger partial charge in [0.05, 0.1) is 10.6 Å². The highest BCUT2D eigenvalue weighted by molar-refractivity contribution is 9.39. The van der Waals surface area contributed by atoms with Gasteiger partial charge in [-0.05, 0) is 59.9 Å². The molecule has 0 unspecified atom stereocenters. The molecule has 1 aromatic rings. The topological polar surface area (TPSA) is 72.4 Å². The van der Waals surface area contributed by atoms with Crippen LogP contribution in [-0.2, 0) is 0 Å². The second kappa shape index (κ2) is 4.77. The standard InChI is InChI=1S/C7H6Br3N3O2/c8-7(9,10)12(11)5-1-3-6(4-2-5)13(14)15/h1-4H,11H2. The Morgan fingerprint density at radius 3 is 2.07 bits per heavy atom. The van der Waals surface area contributed by atoms with E-state index in [0.717, 1.165) is 0 Å². The molecule has 15 heavy (non-hydrogen) atoms. The molecule has 8 heteroatoms. The number of nitrogens with two attached hydrogens (primary N) is 1. The van der Waals surface area contributed by atoms with Gasteiger partial charge in [0.1, 0.15) is 0 Å². The number of non-ortho nitro benzene ring substituents is 1. The van der Waals surface area contributed by atoms with Crippen molar-refractivity contribution < 1.29 is 4.92 Å². The van der Waals surface area contributed by atoms with Gasteiger partial charge in [0, 0.05) is 12.1 Å². The van der Waals surface area contributed by atoms with Crippen molar-refractivity contribution in [3.8, 4) is 0 Å². The van der Waals surface area contributed by atoms with Gasteiger partial charge in [0.25, 0.3) is 5.69 Å². The van der Waals surface area contributed by atoms with Crippen LogP contribution in [0.15, 0.2) is 24.3 Å². The van der Waals surface area contributed by atoms with Crippen LogP contribution in [0.4, 0.5) is 11.4 Å². The number of halogens is 3. The molecular weight excluding hydrogens is 398 g/mol. The first-order chi connectivity index (χ1) is 6.82. The molecule has 0 aliphatic heterocycles. The van der Waals surface area contributed by atoms with Crippen molar-refractivity contribution in [2.24, 2.45) is 5.84 Å². The maximum Gasteiger partial charge on any atom is 0.269 e. The minimum absolute atomic E-state index is 0.0245. The van der Waals surface area contributed by atoms with Crippen molar-refractivity contribution in [2.75, 3.05) is 5.01 Å². The minimum Gasteiger partial charge on any atom is -0.275 e. The molecule has 0 radical (unpaired) electrons. The van der Waals surface area contributed by atoms with Crippen LogP contribution < -0.4 is 10.9 Å². The Bertz CT molecular complexity index is 363. The SMILES string of the molecule is NN(c1ccc([N+](=O)[O-])cc1)C(Br)(Br)Br. The average molecular weight is 404 g/mol. The minimum atomic E-state index is -0.775. The van der Waals surface area contributed by atoms with E-state index >= 15 is 0 Å². The third-order valence-electron chi connectivity index (χ3n) is 1.61. The molecular formula is C7H6Br3N3O2. The van der Waals surface area contributed by atoms with Crippen molar-refractivity contribution >= 4 is 59.2 Å². The summed E-state index contributed by atoms with van der Waals surface area (Å²) in [6.45, 7) is 0. The van der Waals surface area contributed by atoms with Crippen LogP contribution in [0.3, 0.4) is 0 Å². The maximum absolute atomic E-state index is 10.4. The third kappa shape index (κ3) is 3.40. The number of nitro groups is 1. The van der Waals surface area contributed by atoms with Gasteiger partial charge in [-0.25, -0.2) is 5.84 Å². The first-order valence-corrected chi connectivity index (χ1v) is 6.06. The van der Waals surface area contributed by atoms with Crippen LogP contribution in [0.1, 0.15) is 0 Å². The number of anilines is 1. The summed E-state index contributed by atoms with van der Waals surface area (Å²) in [7, 11) is 0. The molecule has 1 aromatic carbocycles. The molecule has 0 bridgehead atoms. The van der Waals surface area contributed by atoms with E-state index in [9.17, 15) is 10.1 Å². The predicted octanol–water partition coefficient (Wildman–Crippen LogP) is 3.07. The smallest absolute Gasteiger partial charge is 0.269 e. The van der Waals surface area contributed by atoms with E-state index in [1.54, 1.807) is 12.1 Å². The summed E-state index contributed by atoms with van der Waals surface area (Å²) in [6, 6.07) is 5.87. The van der Waals surface area contributed by atoms with Gasteiger partial charge in [-0.2, -0.15) is 0 Å². The molecule has 0 aliphatic rings. The lowest BCUT2D eigenvalue weighted by Crippen LogP contribution is -2.40. The molecule has 0 amide bonds. The second-order valence-corrected chi connectivity index (χ2v) is 9.25. The zero-order valence-corrected chi connectivity index (χ0v) is 12.0. The molecule has 82 valence electrons. The zero-order chi connectivity index (χ0) is 11.6. The van der Waals surface area contributed by atoms with Crippen molar-refractivity contribution in [1.29, 1.82) is 0 Å². The Morgan fingerprint density at radius 2 is 1.73 bits per heavy atom. The van der Waals surface area contributed by atoms with Crippen molar-refractivity contribution in [1.82, 2.24) is 0 Å². The largest absolute Gasteiger partial charge is 0.275 e. The first-order valence-electron chi connectivity index (χ1n) is 3.68. The lowest BCUT2D eigenvalue weighted by atomic mass is 10.3. The van der Waals surface area contributed by atoms with Gasteiger partial charge >= 0.3 is 0 Å². The van der Waals surface area contributed by atoms with E-state index < -0.39 is 7.19 Å². The third-order valence-corrected chi connectivity index (χ3v) is 2.76. The van der Waals surface area contributed by atoms with E-state index in [2.05, 4.69) is 47.8 Å². The lowest BCUT2D eigenvalue weighted by molar-refractivity contribution is -0.384. The highest BCUT2D eigenvalue weighted by Gasteiger charge is 2.25. The average Bonchev–Trinajstić information content (AvgIpc) is 2.15. The van der Waals surface area contributed by atoms with Gasteiger partial charge in [0.15, 0.2) is 0 Å². The number of nitrogens with zero attached hydrogens (tertiary/aromatic N) is 2. The number of nitro benzene ring substituents is 1. The molecule has 0 atom stereocenters. The Labute approximate surface area is 111 Å². The van der Waals surface area contributed by atoms with Crippen LogP contribution >= 0.6 is 47.8 Å². The quantitative estimate of drug-likeness (QED) is 0.271. The molecule has 1 rings (SSSR count). The monoisotopic (exact) mass is 401 g/mol. The van der Waals surface area contributed by atoms with Crippen LogP contribution in [0.5, 0.6) is 0 Å². The highest BCUT2D eigenvalue weighted by Crippen LogP contribution is 2.38. The fourth-order valence-electron chi connectivity index (χ4n) is 0.881. The van der Waals surface area contributed by atoms with Gasteiger partial charge in [0.2, 0.25) is 2.27 Å². The van der Waals surface area contributed by atoms with Crippen LogP contribution in [-0.4, -0.2) is 7.19 Å². The molecule has 0 aromatic heterocycles. The van der Waals surface area contributed by atoms with Gasteiger partial charge in [-0.3, -0.25) is 15.1 Å². The molecule has 0 saturated carbocycles. The maximum atomic E-state index is 10.4. The summed E-state index contributed by atoms with van der Waals surface area (Å²) >= 11 is 9.69. The van der Waals surface area contributed by atoms with E-state index in [-0.39, 0.29) is 5.69 Å². The summed E-state index contributed by atoms with van der Waals surface area (Å²) in [5.74, 6) is 5.72. The Hall–Kier alpha value is -0.180. The van der Waals surface area contributed by atoms with Crippen molar-refractivity contribution in [3.05, 3.63) is 34.4 Å². The lowest BCUT2D eigenvalue weighted by Gasteiger charge is -2.27. The summed E-state index contributed by atoms with van der Waals surface area (Å²) in [5, 5.41) is 11.7. The molecule has 0 fully saturated rings. The van der Waals surface area contributed by atoms with E-state index in [1.165, 1.54) is 17.1 Å². The number of rotatable bonds is 2. The predicted molar refractivity (Wildman–Crippen MR) is 69.3 cm³/mol. The number of hydrogen-bond acceptors (Lipinski definition) is 4. The summed E-state index contributed by atoms with van der Waals surface area (Å²) in [6.07, 6.45) is 0. The normalized spacial score (nSPS) is 11.2. The Balaban J connectivity index is 2.94. The molecule has 0 saturated heterocycles. The van der Waals surface area contributed by atoms with Gasteiger partial charge in [-0.15, -0.1) is 0 Å². The van der Waals surface area contributed by atoms with Crippen molar-refractivity contribution in [2.45, 2.75) is 2.27 Å². The van der Waals surface area contributed by atoms with E-state index in [0.29, 0.717) is 5.69 Å². The number of benzene rings is 1. The van der Waals surface area contributed by atoms with Gasteiger partial charge in [-0.1, -0.05) is 0 Å². The van der Waals surface area contributed by atoms with Crippen molar-refractivity contribution in [3.63, 3.8) is 0 Å². The highest BCUT2D eigenvalue weighted by atomic mass is 80.0.